The molecule has 1 heterocycles. The number of nitrogens with zero attached hydrogens (tertiary/aromatic N) is 3. The van der Waals surface area contributed by atoms with E-state index in [1.807, 2.05) is 12.3 Å². The maximum absolute atomic E-state index is 8.42. The Balaban J connectivity index is 2.72. The maximum atomic E-state index is 8.42. The van der Waals surface area contributed by atoms with Crippen molar-refractivity contribution in [3.8, 4) is 12.3 Å². The molecule has 1 rings (SSSR count). The van der Waals surface area contributed by atoms with E-state index in [-0.39, 0.29) is 0 Å². The van der Waals surface area contributed by atoms with E-state index in [4.69, 9.17) is 10.5 Å². The second kappa shape index (κ2) is 2.70. The van der Waals surface area contributed by atoms with Crippen molar-refractivity contribution in [2.45, 2.75) is 0 Å². The zero-order chi connectivity index (χ0) is 7.40. The van der Waals surface area contributed by atoms with E-state index >= 15 is 0 Å². The number of allylic oxidation sites excluding steroid dienone is 2. The van der Waals surface area contributed by atoms with Gasteiger partial charge in [0.2, 0.25) is 0 Å². The Morgan fingerprint density at radius 2 is 2.30 bits per heavy atom. The van der Waals surface area contributed by atoms with Crippen LogP contribution in [0, 0.1) is 22.8 Å². The van der Waals surface area contributed by atoms with Crippen LogP contribution >= 0.6 is 0 Å². The predicted molar refractivity (Wildman–Crippen MR) is 35.2 cm³/mol. The number of hydrogen-bond acceptors (Lipinski definition) is 3. The Morgan fingerprint density at radius 1 is 1.50 bits per heavy atom. The van der Waals surface area contributed by atoms with Crippen LogP contribution in [0.4, 0.5) is 0 Å². The van der Waals surface area contributed by atoms with E-state index in [2.05, 4.69) is 0 Å². The molecule has 0 spiro atoms. The molecule has 0 aromatic rings. The molecule has 0 aromatic carbocycles. The van der Waals surface area contributed by atoms with Crippen molar-refractivity contribution in [2.75, 3.05) is 6.54 Å². The third-order valence-corrected chi connectivity index (χ3v) is 1.18. The molecule has 1 aliphatic rings. The first-order valence-electron chi connectivity index (χ1n) is 2.80. The van der Waals surface area contributed by atoms with Crippen molar-refractivity contribution in [1.82, 2.24) is 4.90 Å². The Kier molecular flexibility index (Phi) is 1.72. The topological polar surface area (TPSA) is 50.8 Å². The van der Waals surface area contributed by atoms with E-state index in [9.17, 15) is 0 Å². The van der Waals surface area contributed by atoms with Crippen LogP contribution in [-0.2, 0) is 0 Å². The molecule has 0 saturated heterocycles. The molecule has 10 heavy (non-hydrogen) atoms. The molecule has 1 aliphatic heterocycles. The molecule has 0 radical (unpaired) electrons. The molecule has 0 atom stereocenters. The van der Waals surface area contributed by atoms with Gasteiger partial charge in [0.05, 0.1) is 18.2 Å². The first kappa shape index (κ1) is 6.38. The highest BCUT2D eigenvalue weighted by Crippen LogP contribution is 2.03. The van der Waals surface area contributed by atoms with Crippen molar-refractivity contribution in [3.05, 3.63) is 23.9 Å². The molecule has 0 saturated carbocycles. The largest absolute Gasteiger partial charge is 0.281 e. The maximum Gasteiger partial charge on any atom is 0.184 e. The lowest BCUT2D eigenvalue weighted by Crippen LogP contribution is -2.15. The molecule has 48 valence electrons. The van der Waals surface area contributed by atoms with E-state index in [0.717, 1.165) is 0 Å². The van der Waals surface area contributed by atoms with Crippen LogP contribution < -0.4 is 0 Å². The first-order chi connectivity index (χ1) is 4.86. The van der Waals surface area contributed by atoms with Crippen LogP contribution in [-0.4, -0.2) is 11.4 Å². The van der Waals surface area contributed by atoms with Gasteiger partial charge in [-0.3, -0.25) is 4.90 Å². The minimum atomic E-state index is 0.406. The fraction of sp³-hybridized carbons (Fsp3) is 0.143. The first-order valence-corrected chi connectivity index (χ1v) is 2.80. The van der Waals surface area contributed by atoms with Crippen LogP contribution in [0.1, 0.15) is 0 Å². The Hall–Kier alpha value is -1.74. The van der Waals surface area contributed by atoms with Crippen LogP contribution in [0.5, 0.6) is 0 Å². The fourth-order valence-corrected chi connectivity index (χ4v) is 0.693. The number of rotatable bonds is 0. The number of nitriles is 2. The van der Waals surface area contributed by atoms with Crippen molar-refractivity contribution < 1.29 is 0 Å². The van der Waals surface area contributed by atoms with Gasteiger partial charge in [-0.15, -0.1) is 0 Å². The summed E-state index contributed by atoms with van der Waals surface area (Å²) in [6.45, 7) is 0.406. The average Bonchev–Trinajstić information content (AvgIpc) is 2.05. The van der Waals surface area contributed by atoms with Crippen molar-refractivity contribution in [3.63, 3.8) is 0 Å². The lowest BCUT2D eigenvalue weighted by atomic mass is 10.2. The van der Waals surface area contributed by atoms with Gasteiger partial charge in [-0.25, -0.2) is 0 Å². The molecular formula is C7H5N3. The monoisotopic (exact) mass is 131 g/mol. The standard InChI is InChI=1S/C7H5N3/c8-4-7-2-1-3-10(5-7)6-9/h1-3H,5H2. The van der Waals surface area contributed by atoms with Crippen LogP contribution in [0.25, 0.3) is 0 Å². The summed E-state index contributed by atoms with van der Waals surface area (Å²) in [6, 6.07) is 1.99. The molecule has 0 aromatic heterocycles. The van der Waals surface area contributed by atoms with Crippen LogP contribution in [0.3, 0.4) is 0 Å². The lowest BCUT2D eigenvalue weighted by Gasteiger charge is -2.11. The van der Waals surface area contributed by atoms with Gasteiger partial charge in [0.15, 0.2) is 6.19 Å². The van der Waals surface area contributed by atoms with E-state index in [0.29, 0.717) is 12.1 Å². The van der Waals surface area contributed by atoms with Crippen molar-refractivity contribution in [1.29, 1.82) is 10.5 Å². The van der Waals surface area contributed by atoms with Crippen molar-refractivity contribution in [2.24, 2.45) is 0 Å². The summed E-state index contributed by atoms with van der Waals surface area (Å²) in [6.07, 6.45) is 6.95. The Bertz CT molecular complexity index is 262. The molecule has 0 aliphatic carbocycles. The molecule has 3 nitrogen and oxygen atoms in total. The Morgan fingerprint density at radius 3 is 2.90 bits per heavy atom. The Labute approximate surface area is 59.1 Å². The quantitative estimate of drug-likeness (QED) is 0.456. The average molecular weight is 131 g/mol. The highest BCUT2D eigenvalue weighted by Gasteiger charge is 2.03. The third kappa shape index (κ3) is 1.15. The van der Waals surface area contributed by atoms with E-state index in [1.54, 1.807) is 18.4 Å². The van der Waals surface area contributed by atoms with Gasteiger partial charge in [0, 0.05) is 6.20 Å². The molecule has 0 unspecified atom stereocenters. The van der Waals surface area contributed by atoms with Gasteiger partial charge in [-0.05, 0) is 12.2 Å². The summed E-state index contributed by atoms with van der Waals surface area (Å²) in [5.74, 6) is 0. The molecule has 0 fully saturated rings. The van der Waals surface area contributed by atoms with Crippen molar-refractivity contribution >= 4 is 0 Å². The highest BCUT2D eigenvalue weighted by atomic mass is 15.1. The zero-order valence-electron chi connectivity index (χ0n) is 5.28. The van der Waals surface area contributed by atoms with E-state index < -0.39 is 0 Å². The third-order valence-electron chi connectivity index (χ3n) is 1.18. The minimum absolute atomic E-state index is 0.406. The van der Waals surface area contributed by atoms with E-state index in [1.165, 1.54) is 4.90 Å². The zero-order valence-corrected chi connectivity index (χ0v) is 5.28. The normalized spacial score (nSPS) is 15.4. The molecule has 0 N–H and O–H groups in total. The summed E-state index contributed by atoms with van der Waals surface area (Å²) >= 11 is 0. The molecule has 3 heteroatoms. The molecular weight excluding hydrogens is 126 g/mol. The van der Waals surface area contributed by atoms with Gasteiger partial charge in [-0.1, -0.05) is 0 Å². The number of hydrogen-bond donors (Lipinski definition) is 0. The smallest absolute Gasteiger partial charge is 0.184 e. The molecule has 0 amide bonds. The second-order valence-electron chi connectivity index (χ2n) is 1.87. The summed E-state index contributed by atoms with van der Waals surface area (Å²) in [7, 11) is 0. The van der Waals surface area contributed by atoms with Gasteiger partial charge < -0.3 is 0 Å². The lowest BCUT2D eigenvalue weighted by molar-refractivity contribution is 0.570. The predicted octanol–water partition coefficient (Wildman–Crippen LogP) is 0.747. The summed E-state index contributed by atoms with van der Waals surface area (Å²) in [5.41, 5.74) is 0.615. The summed E-state index contributed by atoms with van der Waals surface area (Å²) in [4.78, 5) is 1.40. The summed E-state index contributed by atoms with van der Waals surface area (Å²) in [5, 5.41) is 16.8. The SMILES string of the molecule is N#CC1=CC=CN(C#N)C1. The molecule has 0 bridgehead atoms. The van der Waals surface area contributed by atoms with Crippen LogP contribution in [0.2, 0.25) is 0 Å². The highest BCUT2D eigenvalue weighted by molar-refractivity contribution is 5.31. The second-order valence-corrected chi connectivity index (χ2v) is 1.87. The van der Waals surface area contributed by atoms with Gasteiger partial charge >= 0.3 is 0 Å². The fourth-order valence-electron chi connectivity index (χ4n) is 0.693. The van der Waals surface area contributed by atoms with Gasteiger partial charge in [0.1, 0.15) is 0 Å². The van der Waals surface area contributed by atoms with Gasteiger partial charge in [0.25, 0.3) is 0 Å². The van der Waals surface area contributed by atoms with Crippen LogP contribution in [0.15, 0.2) is 23.9 Å². The van der Waals surface area contributed by atoms with Gasteiger partial charge in [-0.2, -0.15) is 10.5 Å². The minimum Gasteiger partial charge on any atom is -0.281 e. The summed E-state index contributed by atoms with van der Waals surface area (Å²) < 4.78 is 0.